The number of pyridine rings is 2. The van der Waals surface area contributed by atoms with E-state index >= 15 is 0 Å². The third-order valence-electron chi connectivity index (χ3n) is 5.41. The molecule has 6 nitrogen and oxygen atoms in total. The van der Waals surface area contributed by atoms with E-state index in [0.717, 1.165) is 38.4 Å². The third kappa shape index (κ3) is 6.71. The highest BCUT2D eigenvalue weighted by Crippen LogP contribution is 2.30. The molecule has 2 heterocycles. The second-order valence-corrected chi connectivity index (χ2v) is 8.85. The molecule has 0 unspecified atom stereocenters. The maximum Gasteiger partial charge on any atom is 0.253 e. The third-order valence-corrected chi connectivity index (χ3v) is 5.90. The number of hydrogen-bond donors (Lipinski definition) is 3. The van der Waals surface area contributed by atoms with Gasteiger partial charge in [-0.1, -0.05) is 34.1 Å². The van der Waals surface area contributed by atoms with Crippen molar-refractivity contribution < 1.29 is 9.18 Å². The van der Waals surface area contributed by atoms with Gasteiger partial charge in [0.2, 0.25) is 0 Å². The average Bonchev–Trinajstić information content (AvgIpc) is 2.88. The van der Waals surface area contributed by atoms with Crippen LogP contribution in [0.1, 0.15) is 27.3 Å². The normalized spacial score (nSPS) is 10.7. The van der Waals surface area contributed by atoms with Gasteiger partial charge in [0, 0.05) is 35.0 Å². The van der Waals surface area contributed by atoms with Crippen LogP contribution < -0.4 is 16.4 Å². The quantitative estimate of drug-likeness (QED) is 0.278. The van der Waals surface area contributed by atoms with Gasteiger partial charge in [0.1, 0.15) is 5.82 Å². The standard InChI is InChI=1S/C27H25BrFN5O/c28-20-8-10-25(31-12-11-18-3-1-4-21(29)13-18)24(14-20)26-9-7-19(16-32-26)27(35)33-17-23-6-2-5-22(15-30)34-23/h1-10,13-14,16,31H,11-12,15,17,30H2,(H,33,35). The van der Waals surface area contributed by atoms with Crippen LogP contribution >= 0.6 is 15.9 Å². The molecule has 0 bridgehead atoms. The zero-order valence-electron chi connectivity index (χ0n) is 19.0. The van der Waals surface area contributed by atoms with E-state index in [1.807, 2.05) is 48.5 Å². The zero-order chi connectivity index (χ0) is 24.6. The summed E-state index contributed by atoms with van der Waals surface area (Å²) in [5.74, 6) is -0.466. The predicted octanol–water partition coefficient (Wildman–Crippen LogP) is 5.09. The number of anilines is 1. The van der Waals surface area contributed by atoms with Gasteiger partial charge < -0.3 is 16.4 Å². The summed E-state index contributed by atoms with van der Waals surface area (Å²) >= 11 is 3.52. The molecule has 0 spiro atoms. The molecule has 0 atom stereocenters. The van der Waals surface area contributed by atoms with Crippen LogP contribution in [0.15, 0.2) is 83.5 Å². The lowest BCUT2D eigenvalue weighted by atomic mass is 10.1. The van der Waals surface area contributed by atoms with Crippen molar-refractivity contribution in [3.63, 3.8) is 0 Å². The summed E-state index contributed by atoms with van der Waals surface area (Å²) < 4.78 is 14.3. The average molecular weight is 534 g/mol. The van der Waals surface area contributed by atoms with Crippen LogP contribution in [0.3, 0.4) is 0 Å². The number of nitrogens with two attached hydrogens (primary N) is 1. The van der Waals surface area contributed by atoms with Gasteiger partial charge in [-0.3, -0.25) is 14.8 Å². The Hall–Kier alpha value is -3.62. The molecule has 0 saturated carbocycles. The molecule has 0 fully saturated rings. The SMILES string of the molecule is NCc1cccc(CNC(=O)c2ccc(-c3cc(Br)ccc3NCCc3cccc(F)c3)nc2)n1. The van der Waals surface area contributed by atoms with Crippen molar-refractivity contribution in [1.29, 1.82) is 0 Å². The first kappa shape index (κ1) is 24.5. The van der Waals surface area contributed by atoms with Crippen molar-refractivity contribution in [3.8, 4) is 11.3 Å². The Kier molecular flexibility index (Phi) is 8.18. The Balaban J connectivity index is 1.42. The number of carbonyl (C=O) groups is 1. The first-order valence-corrected chi connectivity index (χ1v) is 12.0. The van der Waals surface area contributed by atoms with E-state index in [2.05, 4.69) is 36.5 Å². The lowest BCUT2D eigenvalue weighted by Crippen LogP contribution is -2.23. The lowest BCUT2D eigenvalue weighted by Gasteiger charge is -2.13. The number of benzene rings is 2. The second kappa shape index (κ2) is 11.7. The maximum absolute atomic E-state index is 13.4. The Bertz CT molecular complexity index is 1310. The van der Waals surface area contributed by atoms with Gasteiger partial charge in [-0.15, -0.1) is 0 Å². The van der Waals surface area contributed by atoms with E-state index in [0.29, 0.717) is 31.6 Å². The zero-order valence-corrected chi connectivity index (χ0v) is 20.6. The fraction of sp³-hybridized carbons (Fsp3) is 0.148. The number of carbonyl (C=O) groups excluding carboxylic acids is 1. The Morgan fingerprint density at radius 1 is 1.00 bits per heavy atom. The molecule has 4 rings (SSSR count). The first-order valence-electron chi connectivity index (χ1n) is 11.2. The van der Waals surface area contributed by atoms with Gasteiger partial charge in [0.25, 0.3) is 5.91 Å². The van der Waals surface area contributed by atoms with Gasteiger partial charge in [0.15, 0.2) is 0 Å². The van der Waals surface area contributed by atoms with E-state index in [9.17, 15) is 9.18 Å². The molecule has 8 heteroatoms. The van der Waals surface area contributed by atoms with Gasteiger partial charge in [-0.2, -0.15) is 0 Å². The molecule has 0 aliphatic carbocycles. The topological polar surface area (TPSA) is 92.9 Å². The molecule has 2 aromatic carbocycles. The summed E-state index contributed by atoms with van der Waals surface area (Å²) in [6.45, 7) is 1.29. The van der Waals surface area contributed by atoms with Gasteiger partial charge in [0.05, 0.1) is 29.2 Å². The van der Waals surface area contributed by atoms with Crippen molar-refractivity contribution in [3.05, 3.63) is 112 Å². The van der Waals surface area contributed by atoms with Crippen molar-refractivity contribution >= 4 is 27.5 Å². The lowest BCUT2D eigenvalue weighted by molar-refractivity contribution is 0.0950. The molecule has 4 N–H and O–H groups in total. The summed E-state index contributed by atoms with van der Waals surface area (Å²) in [7, 11) is 0. The van der Waals surface area contributed by atoms with E-state index < -0.39 is 0 Å². The highest BCUT2D eigenvalue weighted by atomic mass is 79.9. The Morgan fingerprint density at radius 3 is 2.60 bits per heavy atom. The first-order chi connectivity index (χ1) is 17.0. The van der Waals surface area contributed by atoms with Crippen LogP contribution in [0.5, 0.6) is 0 Å². The number of rotatable bonds is 9. The van der Waals surface area contributed by atoms with Gasteiger partial charge in [-0.25, -0.2) is 4.39 Å². The van der Waals surface area contributed by atoms with Crippen LogP contribution in [-0.2, 0) is 19.5 Å². The van der Waals surface area contributed by atoms with Crippen LogP contribution in [0.25, 0.3) is 11.3 Å². The minimum Gasteiger partial charge on any atom is -0.384 e. The molecule has 1 amide bonds. The monoisotopic (exact) mass is 533 g/mol. The number of nitrogens with one attached hydrogen (secondary N) is 2. The highest BCUT2D eigenvalue weighted by Gasteiger charge is 2.11. The number of hydrogen-bond acceptors (Lipinski definition) is 5. The Labute approximate surface area is 212 Å². The summed E-state index contributed by atoms with van der Waals surface area (Å²) in [6.07, 6.45) is 2.24. The molecule has 0 saturated heterocycles. The molecule has 178 valence electrons. The number of amides is 1. The summed E-state index contributed by atoms with van der Waals surface area (Å²) in [5.41, 5.74) is 11.1. The van der Waals surface area contributed by atoms with Crippen molar-refractivity contribution in [2.24, 2.45) is 5.73 Å². The molecular weight excluding hydrogens is 509 g/mol. The molecule has 0 aliphatic rings. The van der Waals surface area contributed by atoms with E-state index in [1.54, 1.807) is 24.4 Å². The molecule has 0 aliphatic heterocycles. The fourth-order valence-corrected chi connectivity index (χ4v) is 3.98. The fourth-order valence-electron chi connectivity index (χ4n) is 3.62. The van der Waals surface area contributed by atoms with E-state index in [1.165, 1.54) is 6.07 Å². The van der Waals surface area contributed by atoms with Crippen LogP contribution in [0.4, 0.5) is 10.1 Å². The number of aromatic nitrogens is 2. The predicted molar refractivity (Wildman–Crippen MR) is 139 cm³/mol. The van der Waals surface area contributed by atoms with Crippen molar-refractivity contribution in [1.82, 2.24) is 15.3 Å². The second-order valence-electron chi connectivity index (χ2n) is 7.94. The molecular formula is C27H25BrFN5O. The summed E-state index contributed by atoms with van der Waals surface area (Å²) in [5, 5.41) is 6.28. The molecule has 2 aromatic heterocycles. The van der Waals surface area contributed by atoms with E-state index in [4.69, 9.17) is 5.73 Å². The Morgan fingerprint density at radius 2 is 1.83 bits per heavy atom. The minimum absolute atomic E-state index is 0.230. The maximum atomic E-state index is 13.4. The minimum atomic E-state index is -0.236. The van der Waals surface area contributed by atoms with Crippen LogP contribution in [0, 0.1) is 5.82 Å². The molecule has 35 heavy (non-hydrogen) atoms. The number of nitrogens with zero attached hydrogens (tertiary/aromatic N) is 2. The van der Waals surface area contributed by atoms with Gasteiger partial charge >= 0.3 is 0 Å². The van der Waals surface area contributed by atoms with Crippen LogP contribution in [-0.4, -0.2) is 22.4 Å². The van der Waals surface area contributed by atoms with Crippen LogP contribution in [0.2, 0.25) is 0 Å². The van der Waals surface area contributed by atoms with Crippen molar-refractivity contribution in [2.75, 3.05) is 11.9 Å². The van der Waals surface area contributed by atoms with Crippen molar-refractivity contribution in [2.45, 2.75) is 19.5 Å². The summed E-state index contributed by atoms with van der Waals surface area (Å²) in [6, 6.07) is 21.6. The molecule has 0 radical (unpaired) electrons. The largest absolute Gasteiger partial charge is 0.384 e. The molecule has 4 aromatic rings. The smallest absolute Gasteiger partial charge is 0.253 e. The number of halogens is 2. The summed E-state index contributed by atoms with van der Waals surface area (Å²) in [4.78, 5) is 21.5. The highest BCUT2D eigenvalue weighted by molar-refractivity contribution is 9.10. The van der Waals surface area contributed by atoms with E-state index in [-0.39, 0.29) is 11.7 Å². The van der Waals surface area contributed by atoms with Gasteiger partial charge in [-0.05, 0) is 66.6 Å².